The minimum Gasteiger partial charge on any atom is -0.497 e. The quantitative estimate of drug-likeness (QED) is 0.694. The summed E-state index contributed by atoms with van der Waals surface area (Å²) in [5.74, 6) is -1.37. The number of hydrogen-bond donors (Lipinski definition) is 2. The molecule has 0 aliphatic heterocycles. The molecule has 2 N–H and O–H groups in total. The minimum absolute atomic E-state index is 0.266. The maximum Gasteiger partial charge on any atom is 0.411 e. The lowest BCUT2D eigenvalue weighted by Gasteiger charge is -2.20. The molecule has 1 aromatic rings. The summed E-state index contributed by atoms with van der Waals surface area (Å²) >= 11 is 0. The zero-order chi connectivity index (χ0) is 19.0. The Kier molecular flexibility index (Phi) is 7.49. The SMILES string of the molecule is COc1ccc([C@@H](CC(=O)O)NC(=O)COCC(F)(F)F)c(OC)c1. The summed E-state index contributed by atoms with van der Waals surface area (Å²) in [7, 11) is 2.79. The molecular formula is C15H18F3NO6. The van der Waals surface area contributed by atoms with Crippen LogP contribution < -0.4 is 14.8 Å². The van der Waals surface area contributed by atoms with E-state index in [-0.39, 0.29) is 5.75 Å². The van der Waals surface area contributed by atoms with Crippen molar-refractivity contribution in [1.29, 1.82) is 0 Å². The number of alkyl halides is 3. The van der Waals surface area contributed by atoms with Gasteiger partial charge < -0.3 is 24.6 Å². The van der Waals surface area contributed by atoms with Crippen LogP contribution in [0.1, 0.15) is 18.0 Å². The number of carbonyl (C=O) groups excluding carboxylic acids is 1. The predicted molar refractivity (Wildman–Crippen MR) is 79.6 cm³/mol. The van der Waals surface area contributed by atoms with Crippen molar-refractivity contribution in [2.75, 3.05) is 27.4 Å². The first-order valence-electron chi connectivity index (χ1n) is 7.04. The lowest BCUT2D eigenvalue weighted by molar-refractivity contribution is -0.175. The molecule has 1 rings (SSSR count). The summed E-state index contributed by atoms with van der Waals surface area (Å²) in [6.07, 6.45) is -5.05. The molecule has 0 aromatic heterocycles. The van der Waals surface area contributed by atoms with Gasteiger partial charge in [-0.25, -0.2) is 0 Å². The molecule has 0 heterocycles. The van der Waals surface area contributed by atoms with E-state index in [0.29, 0.717) is 11.3 Å². The number of methoxy groups -OCH3 is 2. The average Bonchev–Trinajstić information content (AvgIpc) is 2.51. The highest BCUT2D eigenvalue weighted by atomic mass is 19.4. The van der Waals surface area contributed by atoms with Gasteiger partial charge in [0.05, 0.1) is 26.7 Å². The smallest absolute Gasteiger partial charge is 0.411 e. The molecule has 0 saturated heterocycles. The molecule has 1 amide bonds. The number of benzene rings is 1. The first kappa shape index (κ1) is 20.6. The molecule has 7 nitrogen and oxygen atoms in total. The van der Waals surface area contributed by atoms with Crippen molar-refractivity contribution in [2.24, 2.45) is 0 Å². The largest absolute Gasteiger partial charge is 0.497 e. The Morgan fingerprint density at radius 3 is 2.44 bits per heavy atom. The van der Waals surface area contributed by atoms with Crippen molar-refractivity contribution in [2.45, 2.75) is 18.6 Å². The van der Waals surface area contributed by atoms with Crippen molar-refractivity contribution in [1.82, 2.24) is 5.32 Å². The highest BCUT2D eigenvalue weighted by Crippen LogP contribution is 2.31. The van der Waals surface area contributed by atoms with Gasteiger partial charge in [0.1, 0.15) is 24.7 Å². The Morgan fingerprint density at radius 2 is 1.92 bits per heavy atom. The van der Waals surface area contributed by atoms with Gasteiger partial charge in [0.15, 0.2) is 0 Å². The van der Waals surface area contributed by atoms with Crippen molar-refractivity contribution < 1.29 is 42.1 Å². The first-order chi connectivity index (χ1) is 11.7. The van der Waals surface area contributed by atoms with Crippen molar-refractivity contribution in [3.63, 3.8) is 0 Å². The van der Waals surface area contributed by atoms with Crippen LogP contribution >= 0.6 is 0 Å². The Balaban J connectivity index is 2.87. The third-order valence-electron chi connectivity index (χ3n) is 3.03. The van der Waals surface area contributed by atoms with E-state index in [0.717, 1.165) is 0 Å². The number of carbonyl (C=O) groups is 2. The lowest BCUT2D eigenvalue weighted by Crippen LogP contribution is -2.34. The van der Waals surface area contributed by atoms with Gasteiger partial charge in [-0.15, -0.1) is 0 Å². The third-order valence-corrected chi connectivity index (χ3v) is 3.03. The van der Waals surface area contributed by atoms with Crippen molar-refractivity contribution in [3.05, 3.63) is 23.8 Å². The van der Waals surface area contributed by atoms with Gasteiger partial charge in [-0.1, -0.05) is 0 Å². The number of nitrogens with one attached hydrogen (secondary N) is 1. The van der Waals surface area contributed by atoms with E-state index in [2.05, 4.69) is 10.1 Å². The summed E-state index contributed by atoms with van der Waals surface area (Å²) in [5.41, 5.74) is 0.342. The van der Waals surface area contributed by atoms with Crippen molar-refractivity contribution in [3.8, 4) is 11.5 Å². The number of carboxylic acid groups (broad SMARTS) is 1. The highest BCUT2D eigenvalue weighted by Gasteiger charge is 2.28. The normalized spacial score (nSPS) is 12.4. The summed E-state index contributed by atoms with van der Waals surface area (Å²) in [6.45, 7) is -2.43. The highest BCUT2D eigenvalue weighted by molar-refractivity contribution is 5.79. The molecule has 0 radical (unpaired) electrons. The second kappa shape index (κ2) is 9.11. The molecular weight excluding hydrogens is 347 g/mol. The maximum absolute atomic E-state index is 12.0. The molecule has 0 aliphatic carbocycles. The van der Waals surface area contributed by atoms with Gasteiger partial charge in [-0.05, 0) is 12.1 Å². The van der Waals surface area contributed by atoms with Crippen LogP contribution in [-0.4, -0.2) is 50.6 Å². The van der Waals surface area contributed by atoms with E-state index in [1.165, 1.54) is 26.4 Å². The molecule has 1 aromatic carbocycles. The monoisotopic (exact) mass is 365 g/mol. The minimum atomic E-state index is -4.56. The molecule has 10 heteroatoms. The van der Waals surface area contributed by atoms with Crippen LogP contribution in [0, 0.1) is 0 Å². The van der Waals surface area contributed by atoms with Gasteiger partial charge in [0.25, 0.3) is 0 Å². The second-order valence-electron chi connectivity index (χ2n) is 4.93. The van der Waals surface area contributed by atoms with Crippen LogP contribution in [0.3, 0.4) is 0 Å². The fourth-order valence-corrected chi connectivity index (χ4v) is 2.02. The number of amides is 1. The lowest BCUT2D eigenvalue weighted by atomic mass is 10.0. The zero-order valence-corrected chi connectivity index (χ0v) is 13.6. The summed E-state index contributed by atoms with van der Waals surface area (Å²) < 4.78 is 50.5. The van der Waals surface area contributed by atoms with E-state index >= 15 is 0 Å². The molecule has 140 valence electrons. The number of carboxylic acids is 1. The number of aliphatic carboxylic acids is 1. The van der Waals surface area contributed by atoms with Crippen LogP contribution in [0.5, 0.6) is 11.5 Å². The summed E-state index contributed by atoms with van der Waals surface area (Å²) in [4.78, 5) is 22.8. The average molecular weight is 365 g/mol. The molecule has 0 spiro atoms. The van der Waals surface area contributed by atoms with Crippen LogP contribution in [0.2, 0.25) is 0 Å². The fourth-order valence-electron chi connectivity index (χ4n) is 2.02. The number of rotatable bonds is 9. The zero-order valence-electron chi connectivity index (χ0n) is 13.6. The van der Waals surface area contributed by atoms with E-state index in [1.807, 2.05) is 0 Å². The number of halogens is 3. The Hall–Kier alpha value is -2.49. The molecule has 25 heavy (non-hydrogen) atoms. The molecule has 0 bridgehead atoms. The first-order valence-corrected chi connectivity index (χ1v) is 7.04. The molecule has 0 unspecified atom stereocenters. The van der Waals surface area contributed by atoms with Gasteiger partial charge in [0, 0.05) is 11.6 Å². The number of ether oxygens (including phenoxy) is 3. The maximum atomic E-state index is 12.0. The van der Waals surface area contributed by atoms with Gasteiger partial charge in [-0.2, -0.15) is 13.2 Å². The Bertz CT molecular complexity index is 605. The molecule has 0 saturated carbocycles. The number of hydrogen-bond acceptors (Lipinski definition) is 5. The van der Waals surface area contributed by atoms with Gasteiger partial charge in [0.2, 0.25) is 5.91 Å². The van der Waals surface area contributed by atoms with Crippen LogP contribution in [0.4, 0.5) is 13.2 Å². The van der Waals surface area contributed by atoms with Gasteiger partial charge in [-0.3, -0.25) is 9.59 Å². The third kappa shape index (κ3) is 7.29. The van der Waals surface area contributed by atoms with Crippen molar-refractivity contribution >= 4 is 11.9 Å². The second-order valence-corrected chi connectivity index (χ2v) is 4.93. The summed E-state index contributed by atoms with van der Waals surface area (Å²) in [5, 5.41) is 11.3. The topological polar surface area (TPSA) is 94.1 Å². The van der Waals surface area contributed by atoms with E-state index in [1.54, 1.807) is 6.07 Å². The van der Waals surface area contributed by atoms with E-state index in [9.17, 15) is 22.8 Å². The fraction of sp³-hybridized carbons (Fsp3) is 0.467. The Morgan fingerprint density at radius 1 is 1.24 bits per heavy atom. The Labute approximate surface area is 141 Å². The molecule has 1 atom stereocenters. The van der Waals surface area contributed by atoms with Gasteiger partial charge >= 0.3 is 12.1 Å². The summed E-state index contributed by atoms with van der Waals surface area (Å²) in [6, 6.07) is 3.53. The van der Waals surface area contributed by atoms with E-state index < -0.39 is 43.7 Å². The van der Waals surface area contributed by atoms with E-state index in [4.69, 9.17) is 14.6 Å². The van der Waals surface area contributed by atoms with Crippen LogP contribution in [-0.2, 0) is 14.3 Å². The standard InChI is InChI=1S/C15H18F3NO6/c1-23-9-3-4-10(12(5-9)24-2)11(6-14(21)22)19-13(20)7-25-8-15(16,17)18/h3-5,11H,6-8H2,1-2H3,(H,19,20)(H,21,22)/t11-/m1/s1. The van der Waals surface area contributed by atoms with Crippen LogP contribution in [0.25, 0.3) is 0 Å². The predicted octanol–water partition coefficient (Wildman–Crippen LogP) is 1.91. The molecule has 0 fully saturated rings. The molecule has 0 aliphatic rings. The van der Waals surface area contributed by atoms with Crippen LogP contribution in [0.15, 0.2) is 18.2 Å².